The van der Waals surface area contributed by atoms with Crippen LogP contribution < -0.4 is 5.32 Å². The van der Waals surface area contributed by atoms with Crippen LogP contribution in [0.2, 0.25) is 0 Å². The number of amides is 1. The minimum Gasteiger partial charge on any atom is -0.452 e. The molecule has 1 amide bonds. The molecule has 31 heavy (non-hydrogen) atoms. The highest BCUT2D eigenvalue weighted by atomic mass is 32.2. The Labute approximate surface area is 180 Å². The standard InChI is InChI=1S/C21H23FN2O6S/c1-14-3-5-17(11-15(14)2)23-20(25)13-30-21(26)16-4-6-18(22)19(12-16)31(27,28)24-7-9-29-10-8-24/h3-6,11-12H,7-10,13H2,1-2H3,(H,23,25). The Balaban J connectivity index is 1.67. The molecule has 0 radical (unpaired) electrons. The molecule has 1 aliphatic rings. The lowest BCUT2D eigenvalue weighted by Gasteiger charge is -2.26. The van der Waals surface area contributed by atoms with Crippen LogP contribution in [0.3, 0.4) is 0 Å². The molecule has 1 aliphatic heterocycles. The number of nitrogens with zero attached hydrogens (tertiary/aromatic N) is 1. The van der Waals surface area contributed by atoms with E-state index in [1.165, 1.54) is 0 Å². The summed E-state index contributed by atoms with van der Waals surface area (Å²) in [7, 11) is -4.14. The van der Waals surface area contributed by atoms with Crippen molar-refractivity contribution >= 4 is 27.6 Å². The van der Waals surface area contributed by atoms with Gasteiger partial charge in [-0.15, -0.1) is 0 Å². The van der Waals surface area contributed by atoms with E-state index in [4.69, 9.17) is 9.47 Å². The van der Waals surface area contributed by atoms with Crippen molar-refractivity contribution in [2.45, 2.75) is 18.7 Å². The summed E-state index contributed by atoms with van der Waals surface area (Å²) in [6, 6.07) is 8.29. The van der Waals surface area contributed by atoms with Crippen molar-refractivity contribution < 1.29 is 31.9 Å². The molecule has 2 aromatic carbocycles. The molecular formula is C21H23FN2O6S. The van der Waals surface area contributed by atoms with Gasteiger partial charge in [0.15, 0.2) is 6.61 Å². The zero-order valence-electron chi connectivity index (χ0n) is 17.2. The van der Waals surface area contributed by atoms with E-state index in [9.17, 15) is 22.4 Å². The molecule has 166 valence electrons. The molecule has 0 bridgehead atoms. The smallest absolute Gasteiger partial charge is 0.338 e. The number of anilines is 1. The van der Waals surface area contributed by atoms with Gasteiger partial charge in [-0.3, -0.25) is 4.79 Å². The number of benzene rings is 2. The van der Waals surface area contributed by atoms with Crippen LogP contribution >= 0.6 is 0 Å². The highest BCUT2D eigenvalue weighted by Gasteiger charge is 2.30. The average Bonchev–Trinajstić information content (AvgIpc) is 2.75. The molecule has 8 nitrogen and oxygen atoms in total. The number of carbonyl (C=O) groups excluding carboxylic acids is 2. The summed E-state index contributed by atoms with van der Waals surface area (Å²) in [6.07, 6.45) is 0. The molecule has 10 heteroatoms. The summed E-state index contributed by atoms with van der Waals surface area (Å²) in [5.74, 6) is -2.47. The van der Waals surface area contributed by atoms with E-state index in [0.717, 1.165) is 33.6 Å². The fraction of sp³-hybridized carbons (Fsp3) is 0.333. The monoisotopic (exact) mass is 450 g/mol. The maximum Gasteiger partial charge on any atom is 0.338 e. The number of halogens is 1. The molecule has 2 aromatic rings. The number of morpholine rings is 1. The second-order valence-corrected chi connectivity index (χ2v) is 8.99. The number of hydrogen-bond acceptors (Lipinski definition) is 6. The number of sulfonamides is 1. The molecule has 1 heterocycles. The number of carbonyl (C=O) groups is 2. The third-order valence-corrected chi connectivity index (χ3v) is 6.79. The van der Waals surface area contributed by atoms with E-state index in [-0.39, 0.29) is 31.9 Å². The quantitative estimate of drug-likeness (QED) is 0.678. The minimum absolute atomic E-state index is 0.0924. The fourth-order valence-corrected chi connectivity index (χ4v) is 4.48. The minimum atomic E-state index is -4.14. The van der Waals surface area contributed by atoms with Gasteiger partial charge < -0.3 is 14.8 Å². The Hall–Kier alpha value is -2.82. The second kappa shape index (κ2) is 9.54. The highest BCUT2D eigenvalue weighted by molar-refractivity contribution is 7.89. The third-order valence-electron chi connectivity index (χ3n) is 4.88. The van der Waals surface area contributed by atoms with Crippen LogP contribution in [0.25, 0.3) is 0 Å². The molecule has 1 N–H and O–H groups in total. The number of ether oxygens (including phenoxy) is 2. The van der Waals surface area contributed by atoms with Gasteiger partial charge in [-0.1, -0.05) is 6.07 Å². The van der Waals surface area contributed by atoms with Gasteiger partial charge in [0.1, 0.15) is 10.7 Å². The lowest BCUT2D eigenvalue weighted by Crippen LogP contribution is -2.41. The van der Waals surface area contributed by atoms with Gasteiger partial charge in [-0.2, -0.15) is 4.31 Å². The van der Waals surface area contributed by atoms with Crippen LogP contribution in [-0.4, -0.2) is 57.5 Å². The first kappa shape index (κ1) is 22.9. The van der Waals surface area contributed by atoms with Crippen molar-refractivity contribution in [3.8, 4) is 0 Å². The largest absolute Gasteiger partial charge is 0.452 e. The molecule has 1 fully saturated rings. The summed E-state index contributed by atoms with van der Waals surface area (Å²) >= 11 is 0. The van der Waals surface area contributed by atoms with Crippen molar-refractivity contribution in [3.63, 3.8) is 0 Å². The lowest BCUT2D eigenvalue weighted by atomic mass is 10.1. The molecular weight excluding hydrogens is 427 g/mol. The molecule has 0 spiro atoms. The predicted octanol–water partition coefficient (Wildman–Crippen LogP) is 2.26. The molecule has 0 aliphatic carbocycles. The van der Waals surface area contributed by atoms with E-state index in [1.54, 1.807) is 12.1 Å². The van der Waals surface area contributed by atoms with E-state index in [0.29, 0.717) is 5.69 Å². The fourth-order valence-electron chi connectivity index (χ4n) is 2.98. The molecule has 0 saturated carbocycles. The average molecular weight is 450 g/mol. The van der Waals surface area contributed by atoms with Crippen molar-refractivity contribution in [1.29, 1.82) is 0 Å². The number of rotatable bonds is 6. The van der Waals surface area contributed by atoms with Crippen molar-refractivity contribution in [2.24, 2.45) is 0 Å². The van der Waals surface area contributed by atoms with Crippen LogP contribution in [0.4, 0.5) is 10.1 Å². The number of hydrogen-bond donors (Lipinski definition) is 1. The Morgan fingerprint density at radius 3 is 2.48 bits per heavy atom. The Bertz CT molecular complexity index is 1100. The molecule has 0 aromatic heterocycles. The zero-order valence-corrected chi connectivity index (χ0v) is 18.0. The lowest BCUT2D eigenvalue weighted by molar-refractivity contribution is -0.119. The van der Waals surface area contributed by atoms with Gasteiger partial charge >= 0.3 is 5.97 Å². The summed E-state index contributed by atoms with van der Waals surface area (Å²) in [5.41, 5.74) is 2.45. The second-order valence-electron chi connectivity index (χ2n) is 7.09. The SMILES string of the molecule is Cc1ccc(NC(=O)COC(=O)c2ccc(F)c(S(=O)(=O)N3CCOCC3)c2)cc1C. The molecule has 0 unspecified atom stereocenters. The summed E-state index contributed by atoms with van der Waals surface area (Å²) in [5, 5.41) is 2.61. The van der Waals surface area contributed by atoms with E-state index < -0.39 is 39.2 Å². The number of esters is 1. The Kier molecular flexibility index (Phi) is 7.04. The van der Waals surface area contributed by atoms with Crippen LogP contribution in [0.15, 0.2) is 41.3 Å². The van der Waals surface area contributed by atoms with Gasteiger partial charge in [-0.05, 0) is 55.3 Å². The topological polar surface area (TPSA) is 102 Å². The van der Waals surface area contributed by atoms with Gasteiger partial charge in [0, 0.05) is 18.8 Å². The van der Waals surface area contributed by atoms with Crippen LogP contribution in [-0.2, 0) is 24.3 Å². The summed E-state index contributed by atoms with van der Waals surface area (Å²) < 4.78 is 50.9. The normalized spacial score (nSPS) is 14.8. The maximum atomic E-state index is 14.2. The summed E-state index contributed by atoms with van der Waals surface area (Å²) in [4.78, 5) is 23.8. The predicted molar refractivity (Wildman–Crippen MR) is 111 cm³/mol. The Morgan fingerprint density at radius 2 is 1.81 bits per heavy atom. The number of aryl methyl sites for hydroxylation is 2. The highest BCUT2D eigenvalue weighted by Crippen LogP contribution is 2.22. The zero-order chi connectivity index (χ0) is 22.6. The van der Waals surface area contributed by atoms with Gasteiger partial charge in [0.2, 0.25) is 10.0 Å². The van der Waals surface area contributed by atoms with Gasteiger partial charge in [0.05, 0.1) is 18.8 Å². The van der Waals surface area contributed by atoms with E-state index >= 15 is 0 Å². The van der Waals surface area contributed by atoms with Crippen LogP contribution in [0, 0.1) is 19.7 Å². The molecule has 1 saturated heterocycles. The maximum absolute atomic E-state index is 14.2. The van der Waals surface area contributed by atoms with Crippen molar-refractivity contribution in [1.82, 2.24) is 4.31 Å². The van der Waals surface area contributed by atoms with Crippen molar-refractivity contribution in [3.05, 3.63) is 58.9 Å². The first-order valence-electron chi connectivity index (χ1n) is 9.60. The Morgan fingerprint density at radius 1 is 1.10 bits per heavy atom. The molecule has 3 rings (SSSR count). The van der Waals surface area contributed by atoms with Crippen LogP contribution in [0.1, 0.15) is 21.5 Å². The van der Waals surface area contributed by atoms with E-state index in [2.05, 4.69) is 5.32 Å². The van der Waals surface area contributed by atoms with Crippen LogP contribution in [0.5, 0.6) is 0 Å². The van der Waals surface area contributed by atoms with Crippen molar-refractivity contribution in [2.75, 3.05) is 38.2 Å². The third kappa shape index (κ3) is 5.46. The molecule has 0 atom stereocenters. The van der Waals surface area contributed by atoms with Gasteiger partial charge in [0.25, 0.3) is 5.91 Å². The first-order chi connectivity index (χ1) is 14.7. The number of nitrogens with one attached hydrogen (secondary N) is 1. The first-order valence-corrected chi connectivity index (χ1v) is 11.0. The van der Waals surface area contributed by atoms with E-state index in [1.807, 2.05) is 19.9 Å². The summed E-state index contributed by atoms with van der Waals surface area (Å²) in [6.45, 7) is 3.87. The van der Waals surface area contributed by atoms with Gasteiger partial charge in [-0.25, -0.2) is 17.6 Å².